The van der Waals surface area contributed by atoms with Crippen molar-refractivity contribution in [1.29, 1.82) is 0 Å². The largest absolute Gasteiger partial charge is 0.504 e. The van der Waals surface area contributed by atoms with E-state index in [9.17, 15) is 4.79 Å². The molecule has 2 rings (SSSR count). The predicted octanol–water partition coefficient (Wildman–Crippen LogP) is 2.19. The quantitative estimate of drug-likeness (QED) is 0.581. The highest BCUT2D eigenvalue weighted by Gasteiger charge is 2.22. The van der Waals surface area contributed by atoms with E-state index in [4.69, 9.17) is 14.2 Å². The molecular formula is C13H14O4. The molecule has 1 aromatic rings. The Balaban J connectivity index is 2.45. The second-order valence-corrected chi connectivity index (χ2v) is 3.67. The van der Waals surface area contributed by atoms with Crippen LogP contribution in [0.25, 0.3) is 0 Å². The number of fused-ring (bicyclic) bond motifs is 1. The molecule has 0 aliphatic carbocycles. The number of methoxy groups -OCH3 is 2. The standard InChI is InChI=1S/C13H14O4/c1-15-8-9-5-6-17-12-4-3-10(16-2)7-11(12)13(9)14/h3-4,7-8H,5-6H2,1-2H3/b9-8-. The molecule has 0 N–H and O–H groups in total. The summed E-state index contributed by atoms with van der Waals surface area (Å²) in [6.07, 6.45) is 2.02. The Morgan fingerprint density at radius 1 is 1.35 bits per heavy atom. The SMILES string of the molecule is CO/C=C1/CCOc2ccc(OC)cc2C1=O. The van der Waals surface area contributed by atoms with Crippen LogP contribution < -0.4 is 9.47 Å². The van der Waals surface area contributed by atoms with Crippen molar-refractivity contribution in [2.75, 3.05) is 20.8 Å². The summed E-state index contributed by atoms with van der Waals surface area (Å²) in [5.74, 6) is 1.16. The van der Waals surface area contributed by atoms with E-state index in [-0.39, 0.29) is 5.78 Å². The van der Waals surface area contributed by atoms with Crippen molar-refractivity contribution in [1.82, 2.24) is 0 Å². The van der Waals surface area contributed by atoms with Crippen LogP contribution in [0.5, 0.6) is 11.5 Å². The highest BCUT2D eigenvalue weighted by Crippen LogP contribution is 2.29. The molecule has 0 saturated heterocycles. The van der Waals surface area contributed by atoms with E-state index in [0.29, 0.717) is 35.7 Å². The molecule has 0 fully saturated rings. The number of benzene rings is 1. The highest BCUT2D eigenvalue weighted by molar-refractivity contribution is 6.10. The van der Waals surface area contributed by atoms with Crippen molar-refractivity contribution in [3.63, 3.8) is 0 Å². The molecule has 0 atom stereocenters. The van der Waals surface area contributed by atoms with Crippen LogP contribution in [0.2, 0.25) is 0 Å². The maximum atomic E-state index is 12.2. The number of rotatable bonds is 2. The molecule has 1 aliphatic rings. The summed E-state index contributed by atoms with van der Waals surface area (Å²) in [5.41, 5.74) is 1.13. The Hall–Kier alpha value is -1.97. The van der Waals surface area contributed by atoms with Crippen LogP contribution in [0.1, 0.15) is 16.8 Å². The van der Waals surface area contributed by atoms with Gasteiger partial charge in [0, 0.05) is 12.0 Å². The summed E-state index contributed by atoms with van der Waals surface area (Å²) in [6, 6.07) is 5.21. The van der Waals surface area contributed by atoms with Crippen LogP contribution in [0, 0.1) is 0 Å². The normalized spacial score (nSPS) is 17.1. The van der Waals surface area contributed by atoms with E-state index in [2.05, 4.69) is 0 Å². The lowest BCUT2D eigenvalue weighted by atomic mass is 10.0. The fourth-order valence-electron chi connectivity index (χ4n) is 1.75. The van der Waals surface area contributed by atoms with Gasteiger partial charge in [0.2, 0.25) is 0 Å². The third-order valence-corrected chi connectivity index (χ3v) is 2.61. The number of hydrogen-bond donors (Lipinski definition) is 0. The smallest absolute Gasteiger partial charge is 0.196 e. The van der Waals surface area contributed by atoms with Gasteiger partial charge in [-0.25, -0.2) is 0 Å². The second kappa shape index (κ2) is 4.91. The van der Waals surface area contributed by atoms with E-state index in [0.717, 1.165) is 0 Å². The minimum atomic E-state index is -0.0711. The van der Waals surface area contributed by atoms with Gasteiger partial charge in [-0.2, -0.15) is 0 Å². The molecule has 1 heterocycles. The zero-order chi connectivity index (χ0) is 12.3. The summed E-state index contributed by atoms with van der Waals surface area (Å²) < 4.78 is 15.5. The van der Waals surface area contributed by atoms with Crippen LogP contribution in [-0.2, 0) is 4.74 Å². The van der Waals surface area contributed by atoms with Crippen molar-refractivity contribution >= 4 is 5.78 Å². The number of Topliss-reactive ketones (excluding diaryl/α,β-unsaturated/α-hetero) is 1. The van der Waals surface area contributed by atoms with Gasteiger partial charge in [0.15, 0.2) is 5.78 Å². The summed E-state index contributed by atoms with van der Waals surface area (Å²) in [5, 5.41) is 0. The Morgan fingerprint density at radius 3 is 2.88 bits per heavy atom. The van der Waals surface area contributed by atoms with Gasteiger partial charge in [-0.1, -0.05) is 0 Å². The lowest BCUT2D eigenvalue weighted by Crippen LogP contribution is -2.03. The topological polar surface area (TPSA) is 44.8 Å². The molecule has 4 heteroatoms. The molecule has 0 amide bonds. The van der Waals surface area contributed by atoms with E-state index >= 15 is 0 Å². The zero-order valence-corrected chi connectivity index (χ0v) is 9.86. The third-order valence-electron chi connectivity index (χ3n) is 2.61. The summed E-state index contributed by atoms with van der Waals surface area (Å²) in [4.78, 5) is 12.2. The molecule has 90 valence electrons. The van der Waals surface area contributed by atoms with Gasteiger partial charge in [-0.15, -0.1) is 0 Å². The van der Waals surface area contributed by atoms with Gasteiger partial charge >= 0.3 is 0 Å². The van der Waals surface area contributed by atoms with Crippen molar-refractivity contribution in [2.24, 2.45) is 0 Å². The lowest BCUT2D eigenvalue weighted by molar-refractivity contribution is 0.102. The van der Waals surface area contributed by atoms with Gasteiger partial charge in [0.1, 0.15) is 11.5 Å². The fraction of sp³-hybridized carbons (Fsp3) is 0.308. The summed E-state index contributed by atoms with van der Waals surface area (Å²) in [6.45, 7) is 0.472. The lowest BCUT2D eigenvalue weighted by Gasteiger charge is -2.07. The van der Waals surface area contributed by atoms with Crippen molar-refractivity contribution < 1.29 is 19.0 Å². The average molecular weight is 234 g/mol. The van der Waals surface area contributed by atoms with Crippen LogP contribution in [-0.4, -0.2) is 26.6 Å². The summed E-state index contributed by atoms with van der Waals surface area (Å²) in [7, 11) is 3.09. The number of ketones is 1. The molecule has 0 radical (unpaired) electrons. The highest BCUT2D eigenvalue weighted by atomic mass is 16.5. The van der Waals surface area contributed by atoms with Gasteiger partial charge in [0.25, 0.3) is 0 Å². The van der Waals surface area contributed by atoms with Crippen LogP contribution in [0.3, 0.4) is 0 Å². The summed E-state index contributed by atoms with van der Waals surface area (Å²) >= 11 is 0. The van der Waals surface area contributed by atoms with Gasteiger partial charge in [-0.3, -0.25) is 4.79 Å². The minimum absolute atomic E-state index is 0.0711. The molecule has 4 nitrogen and oxygen atoms in total. The van der Waals surface area contributed by atoms with E-state index in [1.165, 1.54) is 13.4 Å². The second-order valence-electron chi connectivity index (χ2n) is 3.67. The molecule has 0 saturated carbocycles. The van der Waals surface area contributed by atoms with Crippen molar-refractivity contribution in [2.45, 2.75) is 6.42 Å². The molecular weight excluding hydrogens is 220 g/mol. The monoisotopic (exact) mass is 234 g/mol. The first-order valence-electron chi connectivity index (χ1n) is 5.33. The maximum Gasteiger partial charge on any atom is 0.196 e. The predicted molar refractivity (Wildman–Crippen MR) is 62.5 cm³/mol. The number of ether oxygens (including phenoxy) is 3. The first-order valence-corrected chi connectivity index (χ1v) is 5.33. The van der Waals surface area contributed by atoms with Gasteiger partial charge in [0.05, 0.1) is 32.7 Å². The maximum absolute atomic E-state index is 12.2. The van der Waals surface area contributed by atoms with E-state index in [1.54, 1.807) is 25.3 Å². The van der Waals surface area contributed by atoms with Gasteiger partial charge in [-0.05, 0) is 18.2 Å². The molecule has 0 bridgehead atoms. The number of hydrogen-bond acceptors (Lipinski definition) is 4. The van der Waals surface area contributed by atoms with Crippen LogP contribution in [0.4, 0.5) is 0 Å². The number of carbonyl (C=O) groups excluding carboxylic acids is 1. The van der Waals surface area contributed by atoms with Crippen molar-refractivity contribution in [3.8, 4) is 11.5 Å². The first kappa shape index (κ1) is 11.5. The van der Waals surface area contributed by atoms with Crippen LogP contribution in [0.15, 0.2) is 30.0 Å². The molecule has 0 spiro atoms. The van der Waals surface area contributed by atoms with Crippen LogP contribution >= 0.6 is 0 Å². The molecule has 1 aliphatic heterocycles. The zero-order valence-electron chi connectivity index (χ0n) is 9.86. The van der Waals surface area contributed by atoms with E-state index in [1.807, 2.05) is 0 Å². The van der Waals surface area contributed by atoms with Crippen molar-refractivity contribution in [3.05, 3.63) is 35.6 Å². The fourth-order valence-corrected chi connectivity index (χ4v) is 1.75. The van der Waals surface area contributed by atoms with E-state index < -0.39 is 0 Å². The molecule has 0 unspecified atom stereocenters. The Morgan fingerprint density at radius 2 is 2.18 bits per heavy atom. The minimum Gasteiger partial charge on any atom is -0.504 e. The Bertz CT molecular complexity index is 462. The molecule has 17 heavy (non-hydrogen) atoms. The Kier molecular flexibility index (Phi) is 3.32. The van der Waals surface area contributed by atoms with Gasteiger partial charge < -0.3 is 14.2 Å². The Labute approximate surface area is 99.8 Å². The average Bonchev–Trinajstić information content (AvgIpc) is 2.51. The number of carbonyl (C=O) groups is 1. The first-order chi connectivity index (χ1) is 8.26. The third kappa shape index (κ3) is 2.25. The molecule has 1 aromatic carbocycles. The molecule has 0 aromatic heterocycles.